The number of H-pyrrole nitrogens is 1. The van der Waals surface area contributed by atoms with Crippen molar-refractivity contribution >= 4 is 5.91 Å². The monoisotopic (exact) mass is 304 g/mol. The molecule has 6 heteroatoms. The smallest absolute Gasteiger partial charge is 0.234 e. The van der Waals surface area contributed by atoms with Crippen molar-refractivity contribution < 1.29 is 9.18 Å². The van der Waals surface area contributed by atoms with Crippen molar-refractivity contribution in [2.24, 2.45) is 0 Å². The summed E-state index contributed by atoms with van der Waals surface area (Å²) in [6.07, 6.45) is 5.13. The van der Waals surface area contributed by atoms with Crippen molar-refractivity contribution in [3.05, 3.63) is 53.9 Å². The summed E-state index contributed by atoms with van der Waals surface area (Å²) in [7, 11) is 1.80. The third kappa shape index (κ3) is 5.29. The molecule has 0 aliphatic rings. The summed E-state index contributed by atoms with van der Waals surface area (Å²) in [5, 5.41) is 2.86. The quantitative estimate of drug-likeness (QED) is 0.730. The molecular weight excluding hydrogens is 283 g/mol. The van der Waals surface area contributed by atoms with E-state index in [0.717, 1.165) is 18.7 Å². The first-order valence-electron chi connectivity index (χ1n) is 7.32. The average Bonchev–Trinajstić information content (AvgIpc) is 2.99. The first kappa shape index (κ1) is 16.2. The molecule has 0 aliphatic carbocycles. The summed E-state index contributed by atoms with van der Waals surface area (Å²) in [5.74, 6) is 0.623. The Kier molecular flexibility index (Phi) is 6.09. The molecule has 2 aromatic rings. The highest BCUT2D eigenvalue weighted by molar-refractivity contribution is 5.77. The molecule has 0 saturated carbocycles. The molecule has 1 heterocycles. The predicted octanol–water partition coefficient (Wildman–Crippen LogP) is 1.73. The number of aryl methyl sites for hydroxylation is 1. The second kappa shape index (κ2) is 8.29. The first-order valence-corrected chi connectivity index (χ1v) is 7.32. The van der Waals surface area contributed by atoms with Gasteiger partial charge in [0.05, 0.1) is 6.54 Å². The van der Waals surface area contributed by atoms with Gasteiger partial charge >= 0.3 is 0 Å². The van der Waals surface area contributed by atoms with E-state index in [1.54, 1.807) is 42.5 Å². The zero-order valence-corrected chi connectivity index (χ0v) is 12.7. The van der Waals surface area contributed by atoms with E-state index in [2.05, 4.69) is 15.3 Å². The maximum absolute atomic E-state index is 13.5. The SMILES string of the molecule is CN(CC(=O)NCCCc1ncc[nH]1)Cc1ccccc1F. The molecule has 2 rings (SSSR count). The van der Waals surface area contributed by atoms with Gasteiger partial charge in [0.25, 0.3) is 0 Å². The Morgan fingerprint density at radius 1 is 1.41 bits per heavy atom. The summed E-state index contributed by atoms with van der Waals surface area (Å²) in [4.78, 5) is 20.8. The van der Waals surface area contributed by atoms with E-state index in [0.29, 0.717) is 18.7 Å². The van der Waals surface area contributed by atoms with Gasteiger partial charge in [-0.15, -0.1) is 0 Å². The summed E-state index contributed by atoms with van der Waals surface area (Å²) in [6, 6.07) is 6.61. The van der Waals surface area contributed by atoms with Crippen LogP contribution in [0.25, 0.3) is 0 Å². The van der Waals surface area contributed by atoms with Crippen molar-refractivity contribution in [1.29, 1.82) is 0 Å². The van der Waals surface area contributed by atoms with Crippen LogP contribution in [0, 0.1) is 5.82 Å². The third-order valence-corrected chi connectivity index (χ3v) is 3.28. The van der Waals surface area contributed by atoms with E-state index in [-0.39, 0.29) is 18.3 Å². The van der Waals surface area contributed by atoms with Gasteiger partial charge in [-0.05, 0) is 19.5 Å². The van der Waals surface area contributed by atoms with Crippen LogP contribution >= 0.6 is 0 Å². The zero-order chi connectivity index (χ0) is 15.8. The van der Waals surface area contributed by atoms with E-state index in [1.807, 2.05) is 0 Å². The molecule has 0 spiro atoms. The number of amides is 1. The number of halogens is 1. The van der Waals surface area contributed by atoms with Gasteiger partial charge in [0.15, 0.2) is 0 Å². The molecule has 2 N–H and O–H groups in total. The van der Waals surface area contributed by atoms with Crippen LogP contribution in [0.15, 0.2) is 36.7 Å². The van der Waals surface area contributed by atoms with Gasteiger partial charge in [-0.1, -0.05) is 18.2 Å². The fraction of sp³-hybridized carbons (Fsp3) is 0.375. The first-order chi connectivity index (χ1) is 10.6. The lowest BCUT2D eigenvalue weighted by atomic mass is 10.2. The summed E-state index contributed by atoms with van der Waals surface area (Å²) in [6.45, 7) is 1.26. The Labute approximate surface area is 129 Å². The fourth-order valence-corrected chi connectivity index (χ4v) is 2.19. The molecule has 0 radical (unpaired) electrons. The number of aromatic nitrogens is 2. The summed E-state index contributed by atoms with van der Waals surface area (Å²) < 4.78 is 13.5. The standard InChI is InChI=1S/C16H21FN4O/c1-21(11-13-5-2-3-6-14(13)17)12-16(22)20-8-4-7-15-18-9-10-19-15/h2-3,5-6,9-10H,4,7-8,11-12H2,1H3,(H,18,19)(H,20,22). The highest BCUT2D eigenvalue weighted by Gasteiger charge is 2.09. The van der Waals surface area contributed by atoms with Crippen molar-refractivity contribution in [3.8, 4) is 0 Å². The number of carbonyl (C=O) groups is 1. The lowest BCUT2D eigenvalue weighted by Gasteiger charge is -2.16. The maximum atomic E-state index is 13.5. The van der Waals surface area contributed by atoms with Crippen molar-refractivity contribution in [2.75, 3.05) is 20.1 Å². The number of imidazole rings is 1. The highest BCUT2D eigenvalue weighted by atomic mass is 19.1. The minimum absolute atomic E-state index is 0.0571. The average molecular weight is 304 g/mol. The van der Waals surface area contributed by atoms with Crippen molar-refractivity contribution in [2.45, 2.75) is 19.4 Å². The molecule has 0 unspecified atom stereocenters. The van der Waals surface area contributed by atoms with E-state index in [9.17, 15) is 9.18 Å². The molecular formula is C16H21FN4O. The normalized spacial score (nSPS) is 10.9. The second-order valence-corrected chi connectivity index (χ2v) is 5.25. The van der Waals surface area contributed by atoms with Crippen LogP contribution in [0.2, 0.25) is 0 Å². The topological polar surface area (TPSA) is 61.0 Å². The maximum Gasteiger partial charge on any atom is 0.234 e. The molecule has 0 bridgehead atoms. The Hall–Kier alpha value is -2.21. The van der Waals surface area contributed by atoms with Gasteiger partial charge in [-0.2, -0.15) is 0 Å². The van der Waals surface area contributed by atoms with Gasteiger partial charge in [-0.3, -0.25) is 9.69 Å². The number of nitrogens with one attached hydrogen (secondary N) is 2. The molecule has 5 nitrogen and oxygen atoms in total. The number of benzene rings is 1. The number of hydrogen-bond acceptors (Lipinski definition) is 3. The van der Waals surface area contributed by atoms with Crippen LogP contribution in [0.1, 0.15) is 17.8 Å². The van der Waals surface area contributed by atoms with Gasteiger partial charge < -0.3 is 10.3 Å². The van der Waals surface area contributed by atoms with Crippen LogP contribution < -0.4 is 5.32 Å². The number of hydrogen-bond donors (Lipinski definition) is 2. The van der Waals surface area contributed by atoms with Gasteiger partial charge in [0.2, 0.25) is 5.91 Å². The zero-order valence-electron chi connectivity index (χ0n) is 12.7. The molecule has 1 aromatic carbocycles. The lowest BCUT2D eigenvalue weighted by molar-refractivity contribution is -0.122. The summed E-state index contributed by atoms with van der Waals surface area (Å²) in [5.41, 5.74) is 0.593. The van der Waals surface area contributed by atoms with Crippen LogP contribution in [0.5, 0.6) is 0 Å². The molecule has 0 atom stereocenters. The molecule has 118 valence electrons. The van der Waals surface area contributed by atoms with Gasteiger partial charge in [0, 0.05) is 37.5 Å². The fourth-order valence-electron chi connectivity index (χ4n) is 2.19. The number of carbonyl (C=O) groups excluding carboxylic acids is 1. The molecule has 0 fully saturated rings. The van der Waals surface area contributed by atoms with Crippen LogP contribution in [-0.2, 0) is 17.8 Å². The van der Waals surface area contributed by atoms with Gasteiger partial charge in [0.1, 0.15) is 11.6 Å². The number of aromatic amines is 1. The largest absolute Gasteiger partial charge is 0.355 e. The second-order valence-electron chi connectivity index (χ2n) is 5.25. The van der Waals surface area contributed by atoms with E-state index < -0.39 is 0 Å². The number of nitrogens with zero attached hydrogens (tertiary/aromatic N) is 2. The Morgan fingerprint density at radius 3 is 2.95 bits per heavy atom. The van der Waals surface area contributed by atoms with Crippen LogP contribution in [0.4, 0.5) is 4.39 Å². The Balaban J connectivity index is 1.65. The molecule has 1 aromatic heterocycles. The Bertz CT molecular complexity index is 586. The minimum Gasteiger partial charge on any atom is -0.355 e. The third-order valence-electron chi connectivity index (χ3n) is 3.28. The lowest BCUT2D eigenvalue weighted by Crippen LogP contribution is -2.35. The number of likely N-dealkylation sites (N-methyl/N-ethyl adjacent to an activating group) is 1. The molecule has 22 heavy (non-hydrogen) atoms. The van der Waals surface area contributed by atoms with Crippen LogP contribution in [-0.4, -0.2) is 40.9 Å². The highest BCUT2D eigenvalue weighted by Crippen LogP contribution is 2.08. The van der Waals surface area contributed by atoms with E-state index in [4.69, 9.17) is 0 Å². The number of rotatable bonds is 8. The molecule has 0 aliphatic heterocycles. The Morgan fingerprint density at radius 2 is 2.23 bits per heavy atom. The van der Waals surface area contributed by atoms with Gasteiger partial charge in [-0.25, -0.2) is 9.37 Å². The van der Waals surface area contributed by atoms with Crippen molar-refractivity contribution in [1.82, 2.24) is 20.2 Å². The summed E-state index contributed by atoms with van der Waals surface area (Å²) >= 11 is 0. The van der Waals surface area contributed by atoms with E-state index in [1.165, 1.54) is 6.07 Å². The predicted molar refractivity (Wildman–Crippen MR) is 82.7 cm³/mol. The van der Waals surface area contributed by atoms with Crippen molar-refractivity contribution in [3.63, 3.8) is 0 Å². The van der Waals surface area contributed by atoms with Crippen LogP contribution in [0.3, 0.4) is 0 Å². The van der Waals surface area contributed by atoms with E-state index >= 15 is 0 Å². The minimum atomic E-state index is -0.242. The molecule has 0 saturated heterocycles. The molecule has 1 amide bonds.